The minimum absolute atomic E-state index is 0. The molecule has 134 valence electrons. The quantitative estimate of drug-likeness (QED) is 0.821. The van der Waals surface area contributed by atoms with Gasteiger partial charge in [-0.25, -0.2) is 0 Å². The predicted octanol–water partition coefficient (Wildman–Crippen LogP) is 3.95. The Morgan fingerprint density at radius 3 is 2.32 bits per heavy atom. The molecule has 3 nitrogen and oxygen atoms in total. The lowest BCUT2D eigenvalue weighted by Crippen LogP contribution is -2.46. The molecule has 1 aliphatic rings. The number of hydrogen-bond acceptors (Lipinski definition) is 2. The van der Waals surface area contributed by atoms with Gasteiger partial charge in [-0.2, -0.15) is 0 Å². The summed E-state index contributed by atoms with van der Waals surface area (Å²) in [7, 11) is 0. The van der Waals surface area contributed by atoms with Crippen LogP contribution in [0, 0.1) is 12.3 Å². The number of nitrogens with one attached hydrogen (secondary N) is 1. The molecule has 1 unspecified atom stereocenters. The van der Waals surface area contributed by atoms with Gasteiger partial charge in [-0.15, -0.1) is 12.4 Å². The standard InChI is InChI=1S/C21H26N2O.ClH/c1-16-8-10-18(11-9-16)19(22)20(24)23-15-21(12-5-13-21)14-17-6-3-2-4-7-17;/h2-4,6-11,19H,5,12-15,22H2,1H3,(H,23,24);1H. The molecule has 0 aliphatic heterocycles. The minimum Gasteiger partial charge on any atom is -0.354 e. The van der Waals surface area contributed by atoms with Crippen LogP contribution < -0.4 is 11.1 Å². The van der Waals surface area contributed by atoms with Gasteiger partial charge in [0.2, 0.25) is 5.91 Å². The molecule has 0 heterocycles. The van der Waals surface area contributed by atoms with E-state index in [0.717, 1.165) is 12.0 Å². The molecule has 1 amide bonds. The molecule has 2 aromatic rings. The van der Waals surface area contributed by atoms with Crippen LogP contribution >= 0.6 is 12.4 Å². The van der Waals surface area contributed by atoms with Crippen molar-refractivity contribution in [1.82, 2.24) is 5.32 Å². The maximum absolute atomic E-state index is 12.4. The van der Waals surface area contributed by atoms with Gasteiger partial charge in [0.25, 0.3) is 0 Å². The highest BCUT2D eigenvalue weighted by Crippen LogP contribution is 2.43. The van der Waals surface area contributed by atoms with E-state index in [1.54, 1.807) is 0 Å². The average molecular weight is 359 g/mol. The summed E-state index contributed by atoms with van der Waals surface area (Å²) in [6.07, 6.45) is 4.60. The molecule has 1 saturated carbocycles. The number of benzene rings is 2. The molecule has 0 saturated heterocycles. The van der Waals surface area contributed by atoms with Gasteiger partial charge in [-0.3, -0.25) is 4.79 Å². The first-order valence-electron chi connectivity index (χ1n) is 8.72. The van der Waals surface area contributed by atoms with Crippen LogP contribution in [0.15, 0.2) is 54.6 Å². The van der Waals surface area contributed by atoms with Crippen molar-refractivity contribution < 1.29 is 4.79 Å². The number of nitrogens with two attached hydrogens (primary N) is 1. The van der Waals surface area contributed by atoms with Crippen molar-refractivity contribution in [2.45, 2.75) is 38.6 Å². The second-order valence-electron chi connectivity index (χ2n) is 7.12. The van der Waals surface area contributed by atoms with Gasteiger partial charge < -0.3 is 11.1 Å². The summed E-state index contributed by atoms with van der Waals surface area (Å²) in [6.45, 7) is 2.74. The van der Waals surface area contributed by atoms with E-state index in [2.05, 4.69) is 29.6 Å². The smallest absolute Gasteiger partial charge is 0.241 e. The number of carbonyl (C=O) groups is 1. The fourth-order valence-corrected chi connectivity index (χ4v) is 3.43. The summed E-state index contributed by atoms with van der Waals surface area (Å²) < 4.78 is 0. The zero-order chi connectivity index (χ0) is 17.0. The lowest BCUT2D eigenvalue weighted by Gasteiger charge is -2.42. The van der Waals surface area contributed by atoms with Crippen LogP contribution in [0.3, 0.4) is 0 Å². The normalized spacial score (nSPS) is 16.2. The summed E-state index contributed by atoms with van der Waals surface area (Å²) in [4.78, 5) is 12.4. The van der Waals surface area contributed by atoms with Crippen LogP contribution in [0.5, 0.6) is 0 Å². The van der Waals surface area contributed by atoms with Crippen molar-refractivity contribution in [1.29, 1.82) is 0 Å². The van der Waals surface area contributed by atoms with E-state index in [4.69, 9.17) is 5.73 Å². The summed E-state index contributed by atoms with van der Waals surface area (Å²) >= 11 is 0. The molecule has 25 heavy (non-hydrogen) atoms. The van der Waals surface area contributed by atoms with E-state index < -0.39 is 6.04 Å². The lowest BCUT2D eigenvalue weighted by molar-refractivity contribution is -0.123. The molecule has 2 aromatic carbocycles. The molecule has 3 rings (SSSR count). The van der Waals surface area contributed by atoms with E-state index in [-0.39, 0.29) is 23.7 Å². The van der Waals surface area contributed by atoms with E-state index >= 15 is 0 Å². The largest absolute Gasteiger partial charge is 0.354 e. The van der Waals surface area contributed by atoms with Gasteiger partial charge >= 0.3 is 0 Å². The first-order chi connectivity index (χ1) is 11.6. The molecule has 1 atom stereocenters. The maximum Gasteiger partial charge on any atom is 0.241 e. The van der Waals surface area contributed by atoms with Crippen molar-refractivity contribution >= 4 is 18.3 Å². The molecular weight excluding hydrogens is 332 g/mol. The average Bonchev–Trinajstić information content (AvgIpc) is 2.58. The Kier molecular flexibility index (Phi) is 6.63. The van der Waals surface area contributed by atoms with E-state index in [9.17, 15) is 4.79 Å². The molecular formula is C21H27ClN2O. The van der Waals surface area contributed by atoms with Crippen LogP contribution in [0.1, 0.15) is 42.0 Å². The first kappa shape index (κ1) is 19.5. The SMILES string of the molecule is Cc1ccc(C(N)C(=O)NCC2(Cc3ccccc3)CCC2)cc1.Cl. The third-order valence-electron chi connectivity index (χ3n) is 5.19. The molecule has 1 fully saturated rings. The number of amides is 1. The Hall–Kier alpha value is -1.84. The van der Waals surface area contributed by atoms with Gasteiger partial charge in [0.15, 0.2) is 0 Å². The van der Waals surface area contributed by atoms with Crippen LogP contribution in [0.25, 0.3) is 0 Å². The van der Waals surface area contributed by atoms with Gasteiger partial charge in [-0.05, 0) is 42.7 Å². The predicted molar refractivity (Wildman–Crippen MR) is 105 cm³/mol. The van der Waals surface area contributed by atoms with Gasteiger partial charge in [-0.1, -0.05) is 66.6 Å². The Labute approximate surface area is 156 Å². The van der Waals surface area contributed by atoms with E-state index in [1.165, 1.54) is 30.4 Å². The number of halogens is 1. The molecule has 0 spiro atoms. The molecule has 0 radical (unpaired) electrons. The summed E-state index contributed by atoms with van der Waals surface area (Å²) in [5.74, 6) is -0.0850. The second-order valence-corrected chi connectivity index (χ2v) is 7.12. The first-order valence-corrected chi connectivity index (χ1v) is 8.72. The molecule has 0 bridgehead atoms. The van der Waals surface area contributed by atoms with Crippen LogP contribution in [-0.4, -0.2) is 12.5 Å². The van der Waals surface area contributed by atoms with Crippen molar-refractivity contribution in [3.63, 3.8) is 0 Å². The lowest BCUT2D eigenvalue weighted by atomic mass is 9.65. The maximum atomic E-state index is 12.4. The molecule has 3 N–H and O–H groups in total. The Balaban J connectivity index is 0.00000225. The molecule has 4 heteroatoms. The van der Waals surface area contributed by atoms with Crippen molar-refractivity contribution in [3.8, 4) is 0 Å². The zero-order valence-electron chi connectivity index (χ0n) is 14.7. The fourth-order valence-electron chi connectivity index (χ4n) is 3.43. The highest BCUT2D eigenvalue weighted by atomic mass is 35.5. The van der Waals surface area contributed by atoms with E-state index in [0.29, 0.717) is 6.54 Å². The topological polar surface area (TPSA) is 55.1 Å². The van der Waals surface area contributed by atoms with Gasteiger partial charge in [0.05, 0.1) is 0 Å². The zero-order valence-corrected chi connectivity index (χ0v) is 15.5. The number of hydrogen-bond donors (Lipinski definition) is 2. The number of aryl methyl sites for hydroxylation is 1. The van der Waals surface area contributed by atoms with E-state index in [1.807, 2.05) is 37.3 Å². The Morgan fingerprint density at radius 1 is 1.12 bits per heavy atom. The highest BCUT2D eigenvalue weighted by Gasteiger charge is 2.37. The number of rotatable bonds is 6. The van der Waals surface area contributed by atoms with Gasteiger partial charge in [0, 0.05) is 6.54 Å². The van der Waals surface area contributed by atoms with Crippen LogP contribution in [0.4, 0.5) is 0 Å². The summed E-state index contributed by atoms with van der Waals surface area (Å²) in [6, 6.07) is 17.8. The third-order valence-corrected chi connectivity index (χ3v) is 5.19. The minimum atomic E-state index is -0.598. The van der Waals surface area contributed by atoms with Crippen LogP contribution in [0.2, 0.25) is 0 Å². The highest BCUT2D eigenvalue weighted by molar-refractivity contribution is 5.85. The molecule has 0 aromatic heterocycles. The van der Waals surface area contributed by atoms with Crippen molar-refractivity contribution in [2.75, 3.05) is 6.54 Å². The van der Waals surface area contributed by atoms with Crippen LogP contribution in [-0.2, 0) is 11.2 Å². The number of carbonyl (C=O) groups excluding carboxylic acids is 1. The summed E-state index contributed by atoms with van der Waals surface area (Å²) in [5.41, 5.74) is 9.69. The second kappa shape index (κ2) is 8.50. The van der Waals surface area contributed by atoms with Crippen molar-refractivity contribution in [2.24, 2.45) is 11.1 Å². The third kappa shape index (κ3) is 4.83. The monoisotopic (exact) mass is 358 g/mol. The fraction of sp³-hybridized carbons (Fsp3) is 0.381. The van der Waals surface area contributed by atoms with Crippen molar-refractivity contribution in [3.05, 3.63) is 71.3 Å². The Morgan fingerprint density at radius 2 is 1.76 bits per heavy atom. The molecule has 1 aliphatic carbocycles. The summed E-state index contributed by atoms with van der Waals surface area (Å²) in [5, 5.41) is 3.09. The van der Waals surface area contributed by atoms with Gasteiger partial charge in [0.1, 0.15) is 6.04 Å². The Bertz CT molecular complexity index is 681.